The van der Waals surface area contributed by atoms with Gasteiger partial charge in [-0.2, -0.15) is 0 Å². The van der Waals surface area contributed by atoms with Crippen LogP contribution in [0.4, 0.5) is 0 Å². The van der Waals surface area contributed by atoms with Gasteiger partial charge in [0.1, 0.15) is 0 Å². The van der Waals surface area contributed by atoms with E-state index in [0.717, 1.165) is 11.1 Å². The first kappa shape index (κ1) is 10.1. The maximum absolute atomic E-state index is 12.5. The molecule has 5 rings (SSSR count). The highest BCUT2D eigenvalue weighted by Crippen LogP contribution is 2.48. The summed E-state index contributed by atoms with van der Waals surface area (Å²) in [6, 6.07) is 7.19. The minimum absolute atomic E-state index is 0.0217. The van der Waals surface area contributed by atoms with Crippen molar-refractivity contribution in [1.29, 1.82) is 0 Å². The number of hydrogen-bond donors (Lipinski definition) is 0. The maximum atomic E-state index is 12.5. The molecule has 0 fully saturated rings. The molecular weight excluding hydrogens is 260 g/mol. The molecule has 0 saturated carbocycles. The fourth-order valence-electron chi connectivity index (χ4n) is 2.85. The van der Waals surface area contributed by atoms with E-state index in [1.165, 1.54) is 0 Å². The lowest BCUT2D eigenvalue weighted by Gasteiger charge is -2.03. The van der Waals surface area contributed by atoms with Crippen LogP contribution in [0.5, 0.6) is 23.0 Å². The number of benzene rings is 2. The van der Waals surface area contributed by atoms with Crippen LogP contribution in [0.2, 0.25) is 0 Å². The lowest BCUT2D eigenvalue weighted by molar-refractivity contribution is 0.104. The molecule has 5 heteroatoms. The number of ether oxygens (including phenoxy) is 4. The third kappa shape index (κ3) is 1.10. The minimum Gasteiger partial charge on any atom is -0.454 e. The van der Waals surface area contributed by atoms with Gasteiger partial charge in [-0.1, -0.05) is 0 Å². The largest absolute Gasteiger partial charge is 0.454 e. The number of rotatable bonds is 0. The topological polar surface area (TPSA) is 54.0 Å². The Morgan fingerprint density at radius 1 is 0.600 bits per heavy atom. The zero-order valence-corrected chi connectivity index (χ0v) is 10.3. The fourth-order valence-corrected chi connectivity index (χ4v) is 2.85. The minimum atomic E-state index is -0.0217. The highest BCUT2D eigenvalue weighted by Gasteiger charge is 2.32. The molecule has 2 aliphatic heterocycles. The van der Waals surface area contributed by atoms with Gasteiger partial charge in [0, 0.05) is 11.1 Å². The second kappa shape index (κ2) is 3.25. The van der Waals surface area contributed by atoms with Gasteiger partial charge in [0.05, 0.1) is 0 Å². The molecule has 0 spiro atoms. The second-order valence-electron chi connectivity index (χ2n) is 4.83. The van der Waals surface area contributed by atoms with Crippen LogP contribution in [-0.2, 0) is 0 Å². The van der Waals surface area contributed by atoms with Crippen LogP contribution in [0.25, 0.3) is 11.1 Å². The van der Waals surface area contributed by atoms with Crippen molar-refractivity contribution in [3.63, 3.8) is 0 Å². The highest BCUT2D eigenvalue weighted by atomic mass is 16.7. The summed E-state index contributed by atoms with van der Waals surface area (Å²) in [5.74, 6) is 2.55. The van der Waals surface area contributed by atoms with Crippen molar-refractivity contribution in [1.82, 2.24) is 0 Å². The fraction of sp³-hybridized carbons (Fsp3) is 0.133. The molecule has 0 unspecified atom stereocenters. The van der Waals surface area contributed by atoms with Gasteiger partial charge >= 0.3 is 0 Å². The van der Waals surface area contributed by atoms with Crippen LogP contribution in [0.15, 0.2) is 24.3 Å². The van der Waals surface area contributed by atoms with E-state index >= 15 is 0 Å². The summed E-state index contributed by atoms with van der Waals surface area (Å²) >= 11 is 0. The van der Waals surface area contributed by atoms with Crippen molar-refractivity contribution < 1.29 is 23.7 Å². The Labute approximate surface area is 113 Å². The molecule has 0 bridgehead atoms. The lowest BCUT2D eigenvalue weighted by Crippen LogP contribution is -1.96. The predicted molar refractivity (Wildman–Crippen MR) is 67.6 cm³/mol. The Balaban J connectivity index is 1.80. The van der Waals surface area contributed by atoms with Gasteiger partial charge in [-0.15, -0.1) is 0 Å². The molecule has 3 aliphatic rings. The first-order valence-electron chi connectivity index (χ1n) is 6.23. The molecule has 2 aromatic rings. The summed E-state index contributed by atoms with van der Waals surface area (Å²) in [6.07, 6.45) is 0. The standard InChI is InChI=1S/C15H8O5/c16-15-9-3-13-11(17-5-19-13)1-7(9)8-2-12-14(4-10(8)15)20-6-18-12/h1-4H,5-6H2. The Hall–Kier alpha value is -2.69. The molecule has 1 aliphatic carbocycles. The van der Waals surface area contributed by atoms with Gasteiger partial charge < -0.3 is 18.9 Å². The number of carbonyl (C=O) groups excluding carboxylic acids is 1. The van der Waals surface area contributed by atoms with Gasteiger partial charge in [0.2, 0.25) is 13.6 Å². The zero-order valence-electron chi connectivity index (χ0n) is 10.3. The van der Waals surface area contributed by atoms with Crippen LogP contribution in [-0.4, -0.2) is 19.4 Å². The predicted octanol–water partition coefficient (Wildman–Crippen LogP) is 2.36. The van der Waals surface area contributed by atoms with Crippen molar-refractivity contribution in [2.75, 3.05) is 13.6 Å². The van der Waals surface area contributed by atoms with Gasteiger partial charge in [-0.25, -0.2) is 0 Å². The van der Waals surface area contributed by atoms with Crippen molar-refractivity contribution in [3.05, 3.63) is 35.4 Å². The summed E-state index contributed by atoms with van der Waals surface area (Å²) in [5.41, 5.74) is 2.97. The van der Waals surface area contributed by atoms with E-state index < -0.39 is 0 Å². The van der Waals surface area contributed by atoms with Crippen LogP contribution in [0, 0.1) is 0 Å². The smallest absolute Gasteiger partial charge is 0.231 e. The monoisotopic (exact) mass is 268 g/mol. The van der Waals surface area contributed by atoms with Crippen molar-refractivity contribution in [2.45, 2.75) is 0 Å². The molecule has 5 nitrogen and oxygen atoms in total. The molecule has 0 N–H and O–H groups in total. The number of hydrogen-bond acceptors (Lipinski definition) is 5. The molecule has 0 aromatic heterocycles. The number of ketones is 1. The first-order valence-corrected chi connectivity index (χ1v) is 6.23. The van der Waals surface area contributed by atoms with E-state index in [2.05, 4.69) is 0 Å². The molecule has 0 amide bonds. The average molecular weight is 268 g/mol. The third-order valence-electron chi connectivity index (χ3n) is 3.80. The normalized spacial score (nSPS) is 16.3. The van der Waals surface area contributed by atoms with Crippen molar-refractivity contribution in [3.8, 4) is 34.1 Å². The molecule has 2 aromatic carbocycles. The first-order chi connectivity index (χ1) is 9.81. The average Bonchev–Trinajstić information content (AvgIpc) is 3.15. The Morgan fingerprint density at radius 3 is 1.35 bits per heavy atom. The Kier molecular flexibility index (Phi) is 1.65. The van der Waals surface area contributed by atoms with Crippen LogP contribution < -0.4 is 18.9 Å². The van der Waals surface area contributed by atoms with E-state index in [1.54, 1.807) is 12.1 Å². The summed E-state index contributed by atoms with van der Waals surface area (Å²) in [5, 5.41) is 0. The van der Waals surface area contributed by atoms with E-state index in [-0.39, 0.29) is 19.4 Å². The van der Waals surface area contributed by atoms with Crippen molar-refractivity contribution in [2.24, 2.45) is 0 Å². The summed E-state index contributed by atoms with van der Waals surface area (Å²) in [4.78, 5) is 12.5. The van der Waals surface area contributed by atoms with Crippen molar-refractivity contribution >= 4 is 5.78 Å². The van der Waals surface area contributed by atoms with Crippen LogP contribution in [0.1, 0.15) is 15.9 Å². The lowest BCUT2D eigenvalue weighted by atomic mass is 10.0. The SMILES string of the molecule is O=C1c2cc3c(cc2-c2cc4c(cc21)OCO4)OCO3. The quantitative estimate of drug-likeness (QED) is 0.626. The van der Waals surface area contributed by atoms with E-state index in [9.17, 15) is 4.79 Å². The number of carbonyl (C=O) groups is 1. The molecule has 0 saturated heterocycles. The van der Waals surface area contributed by atoms with E-state index in [0.29, 0.717) is 34.1 Å². The molecular formula is C15H8O5. The summed E-state index contributed by atoms with van der Waals surface area (Å²) in [6.45, 7) is 0.390. The zero-order chi connectivity index (χ0) is 13.3. The maximum Gasteiger partial charge on any atom is 0.231 e. The second-order valence-corrected chi connectivity index (χ2v) is 4.83. The molecule has 2 heterocycles. The number of fused-ring (bicyclic) bond motifs is 5. The Bertz CT molecular complexity index is 728. The summed E-state index contributed by atoms with van der Waals surface area (Å²) < 4.78 is 21.4. The van der Waals surface area contributed by atoms with Crippen LogP contribution in [0.3, 0.4) is 0 Å². The molecule has 98 valence electrons. The molecule has 0 radical (unpaired) electrons. The Morgan fingerprint density at radius 2 is 0.950 bits per heavy atom. The van der Waals surface area contributed by atoms with E-state index in [1.807, 2.05) is 12.1 Å². The van der Waals surface area contributed by atoms with Gasteiger partial charge in [0.25, 0.3) is 0 Å². The third-order valence-corrected chi connectivity index (χ3v) is 3.80. The molecule has 20 heavy (non-hydrogen) atoms. The van der Waals surface area contributed by atoms with E-state index in [4.69, 9.17) is 18.9 Å². The summed E-state index contributed by atoms with van der Waals surface area (Å²) in [7, 11) is 0. The van der Waals surface area contributed by atoms with Gasteiger partial charge in [-0.3, -0.25) is 4.79 Å². The van der Waals surface area contributed by atoms with Crippen LogP contribution >= 0.6 is 0 Å². The highest BCUT2D eigenvalue weighted by molar-refractivity contribution is 6.22. The van der Waals surface area contributed by atoms with Gasteiger partial charge in [-0.05, 0) is 35.4 Å². The van der Waals surface area contributed by atoms with Gasteiger partial charge in [0.15, 0.2) is 28.8 Å². The molecule has 0 atom stereocenters.